The first kappa shape index (κ1) is 18.7. The molecule has 2 aromatic carbocycles. The number of fused-ring (bicyclic) bond motifs is 1. The second-order valence-corrected chi connectivity index (χ2v) is 9.82. The normalized spacial score (nSPS) is 11.3. The maximum Gasteiger partial charge on any atom is 0.232 e. The molecule has 0 atom stereocenters. The van der Waals surface area contributed by atoms with Crippen molar-refractivity contribution in [2.24, 2.45) is 0 Å². The Morgan fingerprint density at radius 2 is 1.92 bits per heavy atom. The minimum Gasteiger partial charge on any atom is -0.284 e. The molecule has 5 nitrogen and oxygen atoms in total. The summed E-state index contributed by atoms with van der Waals surface area (Å²) in [5.74, 6) is 0.757. The zero-order valence-electron chi connectivity index (χ0n) is 13.9. The molecule has 0 aliphatic heterocycles. The van der Waals surface area contributed by atoms with Crippen molar-refractivity contribution >= 4 is 49.0 Å². The number of para-hydroxylation sites is 1. The highest BCUT2D eigenvalue weighted by Gasteiger charge is 2.11. The predicted molar refractivity (Wildman–Crippen MR) is 108 cm³/mol. The Morgan fingerprint density at radius 3 is 2.65 bits per heavy atom. The third-order valence-corrected chi connectivity index (χ3v) is 7.21. The number of nitrogens with zero attached hydrogens (tertiary/aromatic N) is 2. The molecule has 0 aliphatic rings. The van der Waals surface area contributed by atoms with Gasteiger partial charge >= 0.3 is 0 Å². The van der Waals surface area contributed by atoms with Crippen LogP contribution in [-0.2, 0) is 16.4 Å². The van der Waals surface area contributed by atoms with Crippen molar-refractivity contribution in [2.45, 2.75) is 17.2 Å². The second-order valence-electron chi connectivity index (χ2n) is 5.60. The minimum atomic E-state index is -3.38. The van der Waals surface area contributed by atoms with E-state index in [1.165, 1.54) is 0 Å². The lowest BCUT2D eigenvalue weighted by Gasteiger charge is -2.08. The van der Waals surface area contributed by atoms with Crippen LogP contribution >= 0.6 is 23.1 Å². The summed E-state index contributed by atoms with van der Waals surface area (Å²) in [6.45, 7) is 0. The largest absolute Gasteiger partial charge is 0.284 e. The average Bonchev–Trinajstić information content (AvgIpc) is 3.03. The Bertz CT molecular complexity index is 989. The Balaban J connectivity index is 1.47. The quantitative estimate of drug-likeness (QED) is 0.448. The first-order valence-electron chi connectivity index (χ1n) is 8.00. The van der Waals surface area contributed by atoms with Crippen LogP contribution in [0.3, 0.4) is 0 Å². The van der Waals surface area contributed by atoms with Gasteiger partial charge in [0.25, 0.3) is 0 Å². The maximum absolute atomic E-state index is 12.2. The van der Waals surface area contributed by atoms with Gasteiger partial charge < -0.3 is 0 Å². The number of hydrogen-bond donors (Lipinski definition) is 1. The third kappa shape index (κ3) is 5.21. The highest BCUT2D eigenvalue weighted by molar-refractivity contribution is 8.01. The van der Waals surface area contributed by atoms with Crippen LogP contribution in [0.4, 0.5) is 5.69 Å². The summed E-state index contributed by atoms with van der Waals surface area (Å²) in [6.07, 6.45) is 0.860. The zero-order chi connectivity index (χ0) is 18.4. The highest BCUT2D eigenvalue weighted by atomic mass is 32.2. The van der Waals surface area contributed by atoms with Gasteiger partial charge in [-0.15, -0.1) is 11.3 Å². The predicted octanol–water partition coefficient (Wildman–Crippen LogP) is 4.29. The molecule has 0 saturated carbocycles. The smallest absolute Gasteiger partial charge is 0.232 e. The number of thiazole rings is 1. The molecule has 1 heterocycles. The Hall–Kier alpha value is -2.08. The molecule has 134 valence electrons. The van der Waals surface area contributed by atoms with Crippen LogP contribution in [0.25, 0.3) is 10.2 Å². The van der Waals surface area contributed by atoms with Crippen LogP contribution in [-0.4, -0.2) is 24.9 Å². The van der Waals surface area contributed by atoms with Crippen molar-refractivity contribution in [2.75, 3.05) is 16.2 Å². The average molecular weight is 404 g/mol. The number of rotatable bonds is 8. The van der Waals surface area contributed by atoms with Crippen molar-refractivity contribution in [3.63, 3.8) is 0 Å². The molecule has 26 heavy (non-hydrogen) atoms. The number of aromatic nitrogens is 1. The van der Waals surface area contributed by atoms with Crippen LogP contribution in [0.5, 0.6) is 0 Å². The SMILES string of the molecule is N#CCc1ccc(NS(=O)(=O)CCCSc2nc3ccccc3s2)cc1. The van der Waals surface area contributed by atoms with Gasteiger partial charge in [0.1, 0.15) is 0 Å². The molecule has 3 aromatic rings. The molecule has 0 aliphatic carbocycles. The van der Waals surface area contributed by atoms with Gasteiger partial charge in [-0.2, -0.15) is 5.26 Å². The van der Waals surface area contributed by atoms with Crippen molar-refractivity contribution in [1.29, 1.82) is 5.26 Å². The zero-order valence-corrected chi connectivity index (χ0v) is 16.3. The van der Waals surface area contributed by atoms with Gasteiger partial charge in [0.2, 0.25) is 10.0 Å². The summed E-state index contributed by atoms with van der Waals surface area (Å²) in [4.78, 5) is 4.53. The van der Waals surface area contributed by atoms with E-state index in [2.05, 4.69) is 15.8 Å². The van der Waals surface area contributed by atoms with Crippen molar-refractivity contribution < 1.29 is 8.42 Å². The number of nitriles is 1. The lowest BCUT2D eigenvalue weighted by molar-refractivity contribution is 0.600. The Kier molecular flexibility index (Phi) is 6.14. The van der Waals surface area contributed by atoms with E-state index in [0.29, 0.717) is 24.3 Å². The molecule has 0 fully saturated rings. The lowest BCUT2D eigenvalue weighted by Crippen LogP contribution is -2.17. The van der Waals surface area contributed by atoms with Crippen LogP contribution in [0, 0.1) is 11.3 Å². The van der Waals surface area contributed by atoms with Crippen LogP contribution in [0.2, 0.25) is 0 Å². The topological polar surface area (TPSA) is 82.9 Å². The van der Waals surface area contributed by atoms with E-state index in [-0.39, 0.29) is 5.75 Å². The van der Waals surface area contributed by atoms with Gasteiger partial charge in [0, 0.05) is 11.4 Å². The van der Waals surface area contributed by atoms with Crippen molar-refractivity contribution in [1.82, 2.24) is 4.98 Å². The molecule has 0 bridgehead atoms. The van der Waals surface area contributed by atoms with Crippen molar-refractivity contribution in [3.8, 4) is 6.07 Å². The summed E-state index contributed by atoms with van der Waals surface area (Å²) in [5.41, 5.74) is 2.36. The van der Waals surface area contributed by atoms with E-state index < -0.39 is 10.0 Å². The van der Waals surface area contributed by atoms with E-state index >= 15 is 0 Å². The maximum atomic E-state index is 12.2. The fraction of sp³-hybridized carbons (Fsp3) is 0.222. The number of anilines is 1. The summed E-state index contributed by atoms with van der Waals surface area (Å²) in [7, 11) is -3.38. The lowest BCUT2D eigenvalue weighted by atomic mass is 10.1. The van der Waals surface area contributed by atoms with Gasteiger partial charge in [-0.05, 0) is 36.2 Å². The van der Waals surface area contributed by atoms with Gasteiger partial charge in [0.05, 0.1) is 28.5 Å². The van der Waals surface area contributed by atoms with Crippen molar-refractivity contribution in [3.05, 3.63) is 54.1 Å². The standard InChI is InChI=1S/C18H17N3O2S3/c19-11-10-14-6-8-15(9-7-14)21-26(22,23)13-3-12-24-18-20-16-4-1-2-5-17(16)25-18/h1-2,4-9,21H,3,10,12-13H2. The van der Waals surface area contributed by atoms with Crippen LogP contribution in [0.1, 0.15) is 12.0 Å². The Morgan fingerprint density at radius 1 is 1.15 bits per heavy atom. The molecule has 0 radical (unpaired) electrons. The highest BCUT2D eigenvalue weighted by Crippen LogP contribution is 2.29. The van der Waals surface area contributed by atoms with E-state index in [1.807, 2.05) is 24.3 Å². The molecule has 0 spiro atoms. The van der Waals surface area contributed by atoms with Crippen LogP contribution < -0.4 is 4.72 Å². The van der Waals surface area contributed by atoms with Gasteiger partial charge in [-0.1, -0.05) is 36.0 Å². The number of benzene rings is 2. The summed E-state index contributed by atoms with van der Waals surface area (Å²) >= 11 is 3.21. The fourth-order valence-electron chi connectivity index (χ4n) is 2.33. The van der Waals surface area contributed by atoms with Gasteiger partial charge in [-0.3, -0.25) is 4.72 Å². The number of thioether (sulfide) groups is 1. The van der Waals surface area contributed by atoms with Gasteiger partial charge in [0.15, 0.2) is 4.34 Å². The van der Waals surface area contributed by atoms with Gasteiger partial charge in [-0.25, -0.2) is 13.4 Å². The number of sulfonamides is 1. The summed E-state index contributed by atoms with van der Waals surface area (Å²) in [5, 5.41) is 8.65. The number of hydrogen-bond acceptors (Lipinski definition) is 6. The molecule has 0 unspecified atom stereocenters. The number of nitrogens with one attached hydrogen (secondary N) is 1. The first-order chi connectivity index (χ1) is 12.6. The molecular formula is C18H17N3O2S3. The molecular weight excluding hydrogens is 386 g/mol. The molecule has 0 amide bonds. The molecule has 1 N–H and O–H groups in total. The molecule has 0 saturated heterocycles. The van der Waals surface area contributed by atoms with E-state index in [9.17, 15) is 8.42 Å². The summed E-state index contributed by atoms with van der Waals surface area (Å²) < 4.78 is 29.0. The molecule has 1 aromatic heterocycles. The second kappa shape index (κ2) is 8.54. The molecule has 8 heteroatoms. The monoisotopic (exact) mass is 403 g/mol. The molecule has 3 rings (SSSR count). The summed E-state index contributed by atoms with van der Waals surface area (Å²) in [6, 6.07) is 16.9. The Labute approximate surface area is 161 Å². The minimum absolute atomic E-state index is 0.0604. The van der Waals surface area contributed by atoms with E-state index in [1.54, 1.807) is 47.4 Å². The van der Waals surface area contributed by atoms with E-state index in [4.69, 9.17) is 5.26 Å². The fourth-order valence-corrected chi connectivity index (χ4v) is 5.72. The third-order valence-electron chi connectivity index (χ3n) is 3.57. The first-order valence-corrected chi connectivity index (χ1v) is 11.5. The van der Waals surface area contributed by atoms with Crippen LogP contribution in [0.15, 0.2) is 52.9 Å². The van der Waals surface area contributed by atoms with E-state index in [0.717, 1.165) is 20.1 Å².